The van der Waals surface area contributed by atoms with Crippen LogP contribution in [-0.2, 0) is 9.71 Å². The molecule has 1 aromatic heterocycles. The maximum atomic E-state index is 13.0. The van der Waals surface area contributed by atoms with Gasteiger partial charge < -0.3 is 15.1 Å². The summed E-state index contributed by atoms with van der Waals surface area (Å²) in [6.07, 6.45) is 1.72. The van der Waals surface area contributed by atoms with E-state index in [1.165, 1.54) is 0 Å². The molecule has 0 aliphatic carbocycles. The van der Waals surface area contributed by atoms with Crippen molar-refractivity contribution in [3.8, 4) is 5.75 Å². The Morgan fingerprint density at radius 1 is 0.893 bits per heavy atom. The van der Waals surface area contributed by atoms with E-state index < -0.39 is 9.71 Å². The average Bonchev–Trinajstić information content (AvgIpc) is 2.69. The van der Waals surface area contributed by atoms with Crippen molar-refractivity contribution in [3.63, 3.8) is 0 Å². The number of nitrogens with zero attached hydrogens (tertiary/aromatic N) is 1. The van der Waals surface area contributed by atoms with Crippen LogP contribution in [0.1, 0.15) is 0 Å². The van der Waals surface area contributed by atoms with Crippen molar-refractivity contribution < 1.29 is 9.32 Å². The van der Waals surface area contributed by atoms with Crippen molar-refractivity contribution in [2.24, 2.45) is 0 Å². The number of benzene rings is 3. The number of rotatable bonds is 5. The van der Waals surface area contributed by atoms with Gasteiger partial charge in [-0.25, -0.2) is 4.21 Å². The number of hydrogen-bond acceptors (Lipinski definition) is 4. The number of nitrogens with one attached hydrogen (secondary N) is 2. The number of anilines is 3. The van der Waals surface area contributed by atoms with Gasteiger partial charge in [0.1, 0.15) is 5.75 Å². The summed E-state index contributed by atoms with van der Waals surface area (Å²) in [5, 5.41) is 13.8. The molecule has 3 aromatic carbocycles. The van der Waals surface area contributed by atoms with Crippen LogP contribution in [0, 0.1) is 0 Å². The molecular formula is C22H19N3O2S. The van der Waals surface area contributed by atoms with Crippen molar-refractivity contribution in [1.29, 1.82) is 0 Å². The summed E-state index contributed by atoms with van der Waals surface area (Å²) < 4.78 is 16.1. The first-order valence-corrected chi connectivity index (χ1v) is 10.4. The molecule has 0 aliphatic rings. The lowest BCUT2D eigenvalue weighted by molar-refractivity contribution is 0.475. The van der Waals surface area contributed by atoms with E-state index in [-0.39, 0.29) is 5.75 Å². The number of phenolic OH excluding ortho intramolecular Hbond substituents is 1. The number of fused-ring (bicyclic) bond motifs is 1. The van der Waals surface area contributed by atoms with Gasteiger partial charge in [0, 0.05) is 39.6 Å². The van der Waals surface area contributed by atoms with Crippen molar-refractivity contribution >= 4 is 43.5 Å². The Morgan fingerprint density at radius 3 is 2.50 bits per heavy atom. The summed E-state index contributed by atoms with van der Waals surface area (Å²) in [6.45, 7) is 0. The molecule has 0 aliphatic heterocycles. The fourth-order valence-corrected chi connectivity index (χ4v) is 4.17. The molecule has 0 saturated carbocycles. The third kappa shape index (κ3) is 3.77. The Labute approximate surface area is 163 Å². The second-order valence-electron chi connectivity index (χ2n) is 6.36. The van der Waals surface area contributed by atoms with Crippen LogP contribution in [0.15, 0.2) is 90.0 Å². The molecule has 0 bridgehead atoms. The number of hydrogen-bond donors (Lipinski definition) is 3. The SMILES string of the molecule is C=S(=O)(Nc1ccc2nccc(Nc3cccc(O)c3)c2c1)c1ccccc1. The van der Waals surface area contributed by atoms with Crippen LogP contribution >= 0.6 is 0 Å². The van der Waals surface area contributed by atoms with Crippen LogP contribution < -0.4 is 10.0 Å². The van der Waals surface area contributed by atoms with Crippen molar-refractivity contribution in [3.05, 3.63) is 85.1 Å². The van der Waals surface area contributed by atoms with Crippen molar-refractivity contribution in [2.75, 3.05) is 10.0 Å². The van der Waals surface area contributed by atoms with Gasteiger partial charge >= 0.3 is 0 Å². The molecular weight excluding hydrogens is 370 g/mol. The minimum Gasteiger partial charge on any atom is -0.508 e. The fourth-order valence-electron chi connectivity index (χ4n) is 2.95. The fraction of sp³-hybridized carbons (Fsp3) is 0. The lowest BCUT2D eigenvalue weighted by atomic mass is 10.1. The highest BCUT2D eigenvalue weighted by Gasteiger charge is 2.09. The Morgan fingerprint density at radius 2 is 1.71 bits per heavy atom. The van der Waals surface area contributed by atoms with Gasteiger partial charge in [0.2, 0.25) is 0 Å². The quantitative estimate of drug-likeness (QED) is 0.429. The van der Waals surface area contributed by atoms with E-state index in [9.17, 15) is 9.32 Å². The number of pyridine rings is 1. The Kier molecular flexibility index (Phi) is 4.63. The monoisotopic (exact) mass is 389 g/mol. The highest BCUT2D eigenvalue weighted by molar-refractivity contribution is 8.01. The first kappa shape index (κ1) is 17.9. The average molecular weight is 389 g/mol. The summed E-state index contributed by atoms with van der Waals surface area (Å²) in [7, 11) is -2.68. The van der Waals surface area contributed by atoms with Gasteiger partial charge in [-0.15, -0.1) is 0 Å². The number of aromatic nitrogens is 1. The van der Waals surface area contributed by atoms with E-state index in [1.807, 2.05) is 48.5 Å². The third-order valence-electron chi connectivity index (χ3n) is 4.27. The van der Waals surface area contributed by atoms with Gasteiger partial charge in [-0.05, 0) is 54.4 Å². The molecule has 28 heavy (non-hydrogen) atoms. The molecule has 4 rings (SSSR count). The molecule has 0 saturated heterocycles. The molecule has 140 valence electrons. The van der Waals surface area contributed by atoms with Gasteiger partial charge in [0.25, 0.3) is 0 Å². The molecule has 1 atom stereocenters. The third-order valence-corrected chi connectivity index (χ3v) is 5.87. The van der Waals surface area contributed by atoms with Crippen LogP contribution in [0.2, 0.25) is 0 Å². The van der Waals surface area contributed by atoms with E-state index in [1.54, 1.807) is 36.5 Å². The highest BCUT2D eigenvalue weighted by Crippen LogP contribution is 2.29. The highest BCUT2D eigenvalue weighted by atomic mass is 32.2. The lowest BCUT2D eigenvalue weighted by Crippen LogP contribution is -2.12. The van der Waals surface area contributed by atoms with Crippen LogP contribution in [-0.4, -0.2) is 20.2 Å². The molecule has 0 fully saturated rings. The normalized spacial score (nSPS) is 13.0. The number of phenols is 1. The van der Waals surface area contributed by atoms with Crippen LogP contribution in [0.4, 0.5) is 17.1 Å². The molecule has 4 aromatic rings. The molecule has 6 heteroatoms. The van der Waals surface area contributed by atoms with E-state index in [0.29, 0.717) is 10.6 Å². The molecule has 3 N–H and O–H groups in total. The lowest BCUT2D eigenvalue weighted by Gasteiger charge is -2.15. The van der Waals surface area contributed by atoms with Crippen molar-refractivity contribution in [2.45, 2.75) is 4.90 Å². The second-order valence-corrected chi connectivity index (χ2v) is 8.38. The molecule has 0 amide bonds. The molecule has 1 unspecified atom stereocenters. The standard InChI is InChI=1S/C22H19N3O2S/c1-28(27,19-8-3-2-4-9-19)25-17-10-11-21-20(15-17)22(12-13-23-21)24-16-6-5-7-18(26)14-16/h2-15,26H,1H2,(H,23,24)(H,25,27). The summed E-state index contributed by atoms with van der Waals surface area (Å²) in [4.78, 5) is 5.03. The van der Waals surface area contributed by atoms with Crippen molar-refractivity contribution in [1.82, 2.24) is 4.98 Å². The summed E-state index contributed by atoms with van der Waals surface area (Å²) in [5.74, 6) is 4.06. The van der Waals surface area contributed by atoms with Gasteiger partial charge in [-0.3, -0.25) is 4.98 Å². The molecule has 5 nitrogen and oxygen atoms in total. The van der Waals surface area contributed by atoms with Crippen LogP contribution in [0.25, 0.3) is 10.9 Å². The van der Waals surface area contributed by atoms with Gasteiger partial charge in [0.15, 0.2) is 0 Å². The van der Waals surface area contributed by atoms with E-state index >= 15 is 0 Å². The van der Waals surface area contributed by atoms with Crippen LogP contribution in [0.3, 0.4) is 0 Å². The second kappa shape index (κ2) is 7.25. The smallest absolute Gasteiger partial charge is 0.117 e. The first-order valence-electron chi connectivity index (χ1n) is 8.66. The Bertz CT molecular complexity index is 1240. The van der Waals surface area contributed by atoms with Gasteiger partial charge in [0.05, 0.1) is 15.2 Å². The van der Waals surface area contributed by atoms with Gasteiger partial charge in [-0.2, -0.15) is 0 Å². The van der Waals surface area contributed by atoms with Crippen LogP contribution in [0.5, 0.6) is 5.75 Å². The zero-order valence-corrected chi connectivity index (χ0v) is 15.8. The van der Waals surface area contributed by atoms with Gasteiger partial charge in [-0.1, -0.05) is 24.3 Å². The molecule has 1 heterocycles. The zero-order valence-electron chi connectivity index (χ0n) is 15.0. The minimum absolute atomic E-state index is 0.186. The molecule has 0 radical (unpaired) electrons. The Hall–Kier alpha value is -3.51. The predicted octanol–water partition coefficient (Wildman–Crippen LogP) is 4.79. The largest absolute Gasteiger partial charge is 0.508 e. The summed E-state index contributed by atoms with van der Waals surface area (Å²) in [5.41, 5.74) is 3.07. The predicted molar refractivity (Wildman–Crippen MR) is 117 cm³/mol. The number of aromatic hydroxyl groups is 1. The molecule has 0 spiro atoms. The van der Waals surface area contributed by atoms with E-state index in [4.69, 9.17) is 0 Å². The first-order chi connectivity index (χ1) is 13.5. The Balaban J connectivity index is 1.70. The maximum Gasteiger partial charge on any atom is 0.117 e. The topological polar surface area (TPSA) is 74.2 Å². The summed E-state index contributed by atoms with van der Waals surface area (Å²) >= 11 is 0. The summed E-state index contributed by atoms with van der Waals surface area (Å²) in [6, 6.07) is 23.5. The maximum absolute atomic E-state index is 13.0. The van der Waals surface area contributed by atoms with E-state index in [0.717, 1.165) is 22.3 Å². The zero-order chi connectivity index (χ0) is 19.6. The van der Waals surface area contributed by atoms with E-state index in [2.05, 4.69) is 20.9 Å². The minimum atomic E-state index is -2.68.